The van der Waals surface area contributed by atoms with Crippen LogP contribution in [-0.4, -0.2) is 33.4 Å². The van der Waals surface area contributed by atoms with Gasteiger partial charge in [0, 0.05) is 19.8 Å². The minimum atomic E-state index is 0.496. The summed E-state index contributed by atoms with van der Waals surface area (Å²) in [5, 5.41) is 9.94. The number of H-pyrrole nitrogens is 1. The highest BCUT2D eigenvalue weighted by Crippen LogP contribution is 1.90. The average molecular weight is 202 g/mol. The second kappa shape index (κ2) is 5.82. The molecule has 74 valence electrons. The van der Waals surface area contributed by atoms with E-state index in [2.05, 4.69) is 22.4 Å². The van der Waals surface area contributed by atoms with Crippen LogP contribution >= 0.6 is 12.2 Å². The largest absolute Gasteiger partial charge is 0.381 e. The molecule has 0 spiro atoms. The van der Waals surface area contributed by atoms with Crippen molar-refractivity contribution in [1.29, 1.82) is 0 Å². The molecule has 0 bridgehead atoms. The summed E-state index contributed by atoms with van der Waals surface area (Å²) in [7, 11) is 0. The van der Waals surface area contributed by atoms with Crippen molar-refractivity contribution in [3.63, 3.8) is 0 Å². The third kappa shape index (κ3) is 3.65. The maximum atomic E-state index is 5.32. The molecule has 0 aromatic carbocycles. The highest BCUT2D eigenvalue weighted by atomic mass is 32.1. The predicted octanol–water partition coefficient (Wildman–Crippen LogP) is 1.15. The number of aromatic amines is 1. The first-order valence-electron chi connectivity index (χ1n) is 4.40. The Morgan fingerprint density at radius 1 is 1.54 bits per heavy atom. The van der Waals surface area contributed by atoms with Crippen LogP contribution in [-0.2, 0) is 11.3 Å². The van der Waals surface area contributed by atoms with Crippen LogP contribution in [0.25, 0.3) is 0 Å². The van der Waals surface area contributed by atoms with Gasteiger partial charge < -0.3 is 4.74 Å². The zero-order chi connectivity index (χ0) is 9.52. The van der Waals surface area contributed by atoms with E-state index in [9.17, 15) is 0 Å². The van der Waals surface area contributed by atoms with Crippen molar-refractivity contribution >= 4 is 12.2 Å². The van der Waals surface area contributed by atoms with Crippen molar-refractivity contribution in [2.45, 2.75) is 26.3 Å². The van der Waals surface area contributed by atoms with Gasteiger partial charge in [0.1, 0.15) is 0 Å². The Bertz CT molecular complexity index is 282. The Morgan fingerprint density at radius 3 is 3.00 bits per heavy atom. The van der Waals surface area contributed by atoms with Crippen molar-refractivity contribution in [2.75, 3.05) is 13.2 Å². The highest BCUT2D eigenvalue weighted by molar-refractivity contribution is 7.71. The summed E-state index contributed by atoms with van der Waals surface area (Å²) in [6.07, 6.45) is 1.99. The Kier molecular flexibility index (Phi) is 4.63. The zero-order valence-electron chi connectivity index (χ0n) is 7.69. The van der Waals surface area contributed by atoms with Gasteiger partial charge in [0.25, 0.3) is 0 Å². The number of tetrazole rings is 1. The van der Waals surface area contributed by atoms with Gasteiger partial charge in [-0.05, 0) is 25.1 Å². The number of ether oxygens (including phenoxy) is 1. The third-order valence-corrected chi connectivity index (χ3v) is 1.85. The van der Waals surface area contributed by atoms with Crippen LogP contribution in [0.2, 0.25) is 0 Å². The molecule has 1 heterocycles. The van der Waals surface area contributed by atoms with Gasteiger partial charge in [0.2, 0.25) is 4.77 Å². The maximum Gasteiger partial charge on any atom is 0.238 e. The first-order valence-corrected chi connectivity index (χ1v) is 4.81. The van der Waals surface area contributed by atoms with Crippen molar-refractivity contribution in [2.24, 2.45) is 0 Å². The molecule has 1 N–H and O–H groups in total. The topological polar surface area (TPSA) is 55.7 Å². The van der Waals surface area contributed by atoms with Gasteiger partial charge >= 0.3 is 0 Å². The van der Waals surface area contributed by atoms with Gasteiger partial charge in [-0.2, -0.15) is 5.21 Å². The Balaban J connectivity index is 2.13. The number of rotatable bonds is 6. The lowest BCUT2D eigenvalue weighted by atomic mass is 10.4. The summed E-state index contributed by atoms with van der Waals surface area (Å²) in [6, 6.07) is 0. The first kappa shape index (κ1) is 10.3. The molecule has 0 saturated heterocycles. The lowest BCUT2D eigenvalue weighted by molar-refractivity contribution is 0.128. The van der Waals surface area contributed by atoms with Gasteiger partial charge in [-0.25, -0.2) is 4.68 Å². The zero-order valence-corrected chi connectivity index (χ0v) is 8.51. The van der Waals surface area contributed by atoms with Crippen molar-refractivity contribution in [3.05, 3.63) is 4.77 Å². The van der Waals surface area contributed by atoms with Crippen LogP contribution in [0.5, 0.6) is 0 Å². The molecule has 1 rings (SSSR count). The third-order valence-electron chi connectivity index (χ3n) is 1.55. The molecule has 0 atom stereocenters. The second-order valence-corrected chi connectivity index (χ2v) is 3.07. The minimum Gasteiger partial charge on any atom is -0.381 e. The van der Waals surface area contributed by atoms with Crippen LogP contribution in [0, 0.1) is 4.77 Å². The number of nitrogens with zero attached hydrogens (tertiary/aromatic N) is 3. The van der Waals surface area contributed by atoms with Gasteiger partial charge in [-0.1, -0.05) is 17.2 Å². The van der Waals surface area contributed by atoms with Crippen molar-refractivity contribution < 1.29 is 4.74 Å². The molecule has 0 unspecified atom stereocenters. The van der Waals surface area contributed by atoms with E-state index in [1.807, 2.05) is 0 Å². The van der Waals surface area contributed by atoms with Gasteiger partial charge in [-0.15, -0.1) is 0 Å². The van der Waals surface area contributed by atoms with E-state index in [4.69, 9.17) is 17.0 Å². The molecule has 0 aliphatic rings. The Labute approximate surface area is 82.1 Å². The maximum absolute atomic E-state index is 5.32. The number of aryl methyl sites for hydroxylation is 1. The van der Waals surface area contributed by atoms with E-state index in [1.54, 1.807) is 4.68 Å². The fraction of sp³-hybridized carbons (Fsp3) is 0.857. The highest BCUT2D eigenvalue weighted by Gasteiger charge is 1.94. The quantitative estimate of drug-likeness (QED) is 0.555. The van der Waals surface area contributed by atoms with E-state index in [0.717, 1.165) is 32.6 Å². The summed E-state index contributed by atoms with van der Waals surface area (Å²) < 4.78 is 7.54. The summed E-state index contributed by atoms with van der Waals surface area (Å²) in [5.74, 6) is 0. The van der Waals surface area contributed by atoms with Gasteiger partial charge in [0.15, 0.2) is 0 Å². The van der Waals surface area contributed by atoms with Crippen molar-refractivity contribution in [1.82, 2.24) is 20.2 Å². The van der Waals surface area contributed by atoms with E-state index >= 15 is 0 Å². The monoisotopic (exact) mass is 202 g/mol. The normalized spacial score (nSPS) is 10.5. The average Bonchev–Trinajstić information content (AvgIpc) is 2.52. The molecule has 5 nitrogen and oxygen atoms in total. The summed E-state index contributed by atoms with van der Waals surface area (Å²) in [4.78, 5) is 0. The number of hydrogen-bond acceptors (Lipinski definition) is 4. The molecule has 6 heteroatoms. The summed E-state index contributed by atoms with van der Waals surface area (Å²) >= 11 is 4.90. The van der Waals surface area contributed by atoms with E-state index in [0.29, 0.717) is 4.77 Å². The smallest absolute Gasteiger partial charge is 0.238 e. The second-order valence-electron chi connectivity index (χ2n) is 2.70. The van der Waals surface area contributed by atoms with Crippen LogP contribution in [0.4, 0.5) is 0 Å². The fourth-order valence-corrected chi connectivity index (χ4v) is 1.11. The van der Waals surface area contributed by atoms with Gasteiger partial charge in [0.05, 0.1) is 0 Å². The molecule has 0 amide bonds. The molecule has 0 saturated carbocycles. The van der Waals surface area contributed by atoms with E-state index in [-0.39, 0.29) is 0 Å². The molecular weight excluding hydrogens is 188 g/mol. The summed E-state index contributed by atoms with van der Waals surface area (Å²) in [5.41, 5.74) is 0. The molecule has 0 aliphatic heterocycles. The molecule has 1 aromatic heterocycles. The molecule has 0 fully saturated rings. The molecule has 13 heavy (non-hydrogen) atoms. The van der Waals surface area contributed by atoms with Crippen molar-refractivity contribution in [3.8, 4) is 0 Å². The number of nitrogens with one attached hydrogen (secondary N) is 1. The number of aromatic nitrogens is 4. The Hall–Kier alpha value is -0.750. The minimum absolute atomic E-state index is 0.496. The van der Waals surface area contributed by atoms with Crippen LogP contribution in [0.3, 0.4) is 0 Å². The predicted molar refractivity (Wildman–Crippen MR) is 50.9 cm³/mol. The standard InChI is InChI=1S/C7H14N4OS/c1-2-5-12-6-3-4-11-7(13)8-9-10-11/h2-6H2,1H3,(H,8,10,13). The lowest BCUT2D eigenvalue weighted by Gasteiger charge is -2.01. The molecular formula is C7H14N4OS. The molecule has 0 radical (unpaired) electrons. The van der Waals surface area contributed by atoms with Gasteiger partial charge in [-0.3, -0.25) is 0 Å². The van der Waals surface area contributed by atoms with E-state index < -0.39 is 0 Å². The van der Waals surface area contributed by atoms with E-state index in [1.165, 1.54) is 0 Å². The molecule has 0 aliphatic carbocycles. The fourth-order valence-electron chi connectivity index (χ4n) is 0.933. The number of hydrogen-bond donors (Lipinski definition) is 1. The SMILES string of the molecule is CCCOCCCn1[nH]nnc1=S. The lowest BCUT2D eigenvalue weighted by Crippen LogP contribution is -2.04. The van der Waals surface area contributed by atoms with Crippen LogP contribution in [0.15, 0.2) is 0 Å². The van der Waals surface area contributed by atoms with Crippen LogP contribution in [0.1, 0.15) is 19.8 Å². The Morgan fingerprint density at radius 2 is 2.38 bits per heavy atom. The molecule has 1 aromatic rings. The summed E-state index contributed by atoms with van der Waals surface area (Å²) in [6.45, 7) is 4.46. The van der Waals surface area contributed by atoms with Crippen LogP contribution < -0.4 is 0 Å². The first-order chi connectivity index (χ1) is 6.34.